The molecule has 0 aromatic heterocycles. The second kappa shape index (κ2) is 8.05. The summed E-state index contributed by atoms with van der Waals surface area (Å²) in [5.74, 6) is -0.678. The molecule has 0 heterocycles. The monoisotopic (exact) mass is 304 g/mol. The average molecular weight is 304 g/mol. The fourth-order valence-electron chi connectivity index (χ4n) is 2.23. The van der Waals surface area contributed by atoms with Crippen LogP contribution < -0.4 is 4.74 Å². The molecule has 5 nitrogen and oxygen atoms in total. The van der Waals surface area contributed by atoms with E-state index < -0.39 is 17.4 Å². The van der Waals surface area contributed by atoms with Crippen molar-refractivity contribution in [2.24, 2.45) is 5.41 Å². The van der Waals surface area contributed by atoms with E-state index in [1.165, 1.54) is 20.3 Å². The largest absolute Gasteiger partial charge is 0.497 e. The summed E-state index contributed by atoms with van der Waals surface area (Å²) < 4.78 is 14.8. The van der Waals surface area contributed by atoms with Gasteiger partial charge in [0.2, 0.25) is 0 Å². The quantitative estimate of drug-likeness (QED) is 0.439. The molecule has 0 N–H and O–H groups in total. The fourth-order valence-corrected chi connectivity index (χ4v) is 2.23. The third kappa shape index (κ3) is 3.77. The maximum Gasteiger partial charge on any atom is 0.323 e. The molecule has 5 heteroatoms. The Morgan fingerprint density at radius 1 is 1.23 bits per heavy atom. The van der Waals surface area contributed by atoms with Crippen molar-refractivity contribution in [1.82, 2.24) is 0 Å². The minimum absolute atomic E-state index is 0.0903. The number of esters is 2. The van der Waals surface area contributed by atoms with Crippen LogP contribution in [0.3, 0.4) is 0 Å². The number of hydrogen-bond acceptors (Lipinski definition) is 5. The van der Waals surface area contributed by atoms with Gasteiger partial charge in [-0.25, -0.2) is 0 Å². The lowest BCUT2D eigenvalue weighted by Gasteiger charge is -2.27. The highest BCUT2D eigenvalue weighted by atomic mass is 16.5. The van der Waals surface area contributed by atoms with Gasteiger partial charge >= 0.3 is 11.9 Å². The zero-order chi connectivity index (χ0) is 16.6. The van der Waals surface area contributed by atoms with Crippen molar-refractivity contribution >= 4 is 11.9 Å². The molecule has 0 fully saturated rings. The van der Waals surface area contributed by atoms with Gasteiger partial charge in [0.15, 0.2) is 5.41 Å². The summed E-state index contributed by atoms with van der Waals surface area (Å²) in [5, 5.41) is 0. The molecule has 1 rings (SSSR count). The molecule has 0 atom stereocenters. The van der Waals surface area contributed by atoms with Crippen molar-refractivity contribution < 1.29 is 23.8 Å². The van der Waals surface area contributed by atoms with Crippen LogP contribution in [0.1, 0.15) is 12.0 Å². The lowest BCUT2D eigenvalue weighted by molar-refractivity contribution is -0.168. The second-order valence-corrected chi connectivity index (χ2v) is 4.71. The summed E-state index contributed by atoms with van der Waals surface area (Å²) >= 11 is 0. The first kappa shape index (κ1) is 17.5. The van der Waals surface area contributed by atoms with Crippen molar-refractivity contribution in [3.8, 4) is 5.75 Å². The number of methoxy groups -OCH3 is 3. The molecule has 0 aliphatic heterocycles. The van der Waals surface area contributed by atoms with Crippen molar-refractivity contribution in [2.45, 2.75) is 12.8 Å². The molecule has 0 amide bonds. The molecule has 1 aromatic rings. The molecular weight excluding hydrogens is 284 g/mol. The Morgan fingerprint density at radius 3 is 2.36 bits per heavy atom. The number of ether oxygens (including phenoxy) is 3. The lowest BCUT2D eigenvalue weighted by atomic mass is 9.78. The molecule has 0 saturated heterocycles. The number of carbonyl (C=O) groups is 2. The van der Waals surface area contributed by atoms with Crippen LogP contribution in [0.4, 0.5) is 0 Å². The first-order valence-corrected chi connectivity index (χ1v) is 6.68. The third-order valence-electron chi connectivity index (χ3n) is 3.39. The summed E-state index contributed by atoms with van der Waals surface area (Å²) in [6.45, 7) is 3.46. The van der Waals surface area contributed by atoms with Crippen LogP contribution in [0.5, 0.6) is 5.75 Å². The van der Waals surface area contributed by atoms with Gasteiger partial charge in [-0.15, -0.1) is 5.73 Å². The molecule has 0 radical (unpaired) electrons. The van der Waals surface area contributed by atoms with Gasteiger partial charge in [0.1, 0.15) is 5.75 Å². The van der Waals surface area contributed by atoms with Crippen LogP contribution in [-0.2, 0) is 25.5 Å². The molecule has 0 unspecified atom stereocenters. The highest BCUT2D eigenvalue weighted by Crippen LogP contribution is 2.32. The van der Waals surface area contributed by atoms with Gasteiger partial charge in [-0.1, -0.05) is 18.7 Å². The van der Waals surface area contributed by atoms with E-state index in [-0.39, 0.29) is 12.8 Å². The summed E-state index contributed by atoms with van der Waals surface area (Å²) in [6, 6.07) is 7.14. The van der Waals surface area contributed by atoms with Crippen LogP contribution in [0, 0.1) is 5.41 Å². The summed E-state index contributed by atoms with van der Waals surface area (Å²) in [5.41, 5.74) is 1.86. The Bertz CT molecular complexity index is 568. The summed E-state index contributed by atoms with van der Waals surface area (Å²) in [4.78, 5) is 24.6. The van der Waals surface area contributed by atoms with Gasteiger partial charge < -0.3 is 14.2 Å². The van der Waals surface area contributed by atoms with E-state index in [4.69, 9.17) is 14.2 Å². The number of benzene rings is 1. The van der Waals surface area contributed by atoms with Crippen LogP contribution in [0.15, 0.2) is 42.7 Å². The highest BCUT2D eigenvalue weighted by Gasteiger charge is 2.47. The number of carbonyl (C=O) groups excluding carboxylic acids is 2. The summed E-state index contributed by atoms with van der Waals surface area (Å²) in [7, 11) is 4.03. The van der Waals surface area contributed by atoms with Gasteiger partial charge in [-0.3, -0.25) is 9.59 Å². The van der Waals surface area contributed by atoms with Crippen molar-refractivity contribution in [1.29, 1.82) is 0 Å². The molecular formula is C17H20O5. The highest BCUT2D eigenvalue weighted by molar-refractivity contribution is 6.00. The predicted molar refractivity (Wildman–Crippen MR) is 81.5 cm³/mol. The molecule has 22 heavy (non-hydrogen) atoms. The molecule has 118 valence electrons. The van der Waals surface area contributed by atoms with Gasteiger partial charge in [-0.05, 0) is 36.6 Å². The predicted octanol–water partition coefficient (Wildman–Crippen LogP) is 2.30. The SMILES string of the molecule is C=C=CCC(Cc1cccc(OC)c1)(C(=O)OC)C(=O)OC. The lowest BCUT2D eigenvalue weighted by Crippen LogP contribution is -2.42. The maximum absolute atomic E-state index is 12.3. The normalized spacial score (nSPS) is 10.3. The zero-order valence-corrected chi connectivity index (χ0v) is 13.0. The van der Waals surface area contributed by atoms with E-state index in [1.54, 1.807) is 31.4 Å². The van der Waals surface area contributed by atoms with E-state index >= 15 is 0 Å². The first-order chi connectivity index (χ1) is 10.5. The van der Waals surface area contributed by atoms with Crippen molar-refractivity contribution in [3.63, 3.8) is 0 Å². The third-order valence-corrected chi connectivity index (χ3v) is 3.39. The second-order valence-electron chi connectivity index (χ2n) is 4.71. The molecule has 0 spiro atoms. The molecule has 0 aliphatic rings. The molecule has 0 saturated carbocycles. The fraction of sp³-hybridized carbons (Fsp3) is 0.353. The smallest absolute Gasteiger partial charge is 0.323 e. The van der Waals surface area contributed by atoms with Crippen molar-refractivity contribution in [3.05, 3.63) is 48.2 Å². The summed E-state index contributed by atoms with van der Waals surface area (Å²) in [6.07, 6.45) is 1.74. The average Bonchev–Trinajstić information content (AvgIpc) is 2.57. The van der Waals surface area contributed by atoms with E-state index in [0.29, 0.717) is 5.75 Å². The molecule has 1 aromatic carbocycles. The van der Waals surface area contributed by atoms with Gasteiger partial charge in [-0.2, -0.15) is 0 Å². The zero-order valence-electron chi connectivity index (χ0n) is 13.0. The standard InChI is InChI=1S/C17H20O5/c1-5-6-10-17(15(18)21-3,16(19)22-4)12-13-8-7-9-14(11-13)20-2/h6-9,11H,1,10,12H2,2-4H3. The topological polar surface area (TPSA) is 61.8 Å². The number of allylic oxidation sites excluding steroid dienone is 1. The van der Waals surface area contributed by atoms with Gasteiger partial charge in [0.05, 0.1) is 21.3 Å². The van der Waals surface area contributed by atoms with E-state index in [2.05, 4.69) is 12.3 Å². The van der Waals surface area contributed by atoms with Crippen LogP contribution >= 0.6 is 0 Å². The van der Waals surface area contributed by atoms with Crippen LogP contribution in [-0.4, -0.2) is 33.3 Å². The molecule has 0 bridgehead atoms. The van der Waals surface area contributed by atoms with E-state index in [1.807, 2.05) is 0 Å². The Morgan fingerprint density at radius 2 is 1.86 bits per heavy atom. The van der Waals surface area contributed by atoms with Gasteiger partial charge in [0.25, 0.3) is 0 Å². The number of hydrogen-bond donors (Lipinski definition) is 0. The van der Waals surface area contributed by atoms with Crippen molar-refractivity contribution in [2.75, 3.05) is 21.3 Å². The number of rotatable bonds is 7. The minimum atomic E-state index is -1.47. The Balaban J connectivity index is 3.30. The van der Waals surface area contributed by atoms with Crippen LogP contribution in [0.2, 0.25) is 0 Å². The Hall–Kier alpha value is -2.52. The minimum Gasteiger partial charge on any atom is -0.497 e. The first-order valence-electron chi connectivity index (χ1n) is 6.68. The Labute approximate surface area is 130 Å². The van der Waals surface area contributed by atoms with Gasteiger partial charge in [0, 0.05) is 0 Å². The van der Waals surface area contributed by atoms with Crippen LogP contribution in [0.25, 0.3) is 0 Å². The van der Waals surface area contributed by atoms with E-state index in [9.17, 15) is 9.59 Å². The molecule has 0 aliphatic carbocycles. The Kier molecular flexibility index (Phi) is 6.42. The van der Waals surface area contributed by atoms with E-state index in [0.717, 1.165) is 5.56 Å². The maximum atomic E-state index is 12.3.